The SMILES string of the molecule is CC(C)C1(CNCc2ccccc2C(F)(F)F)CC1. The molecule has 1 aliphatic carbocycles. The molecule has 1 aliphatic rings. The van der Waals surface area contributed by atoms with Crippen molar-refractivity contribution in [1.82, 2.24) is 5.32 Å². The van der Waals surface area contributed by atoms with Gasteiger partial charge in [0.2, 0.25) is 0 Å². The zero-order chi connectivity index (χ0) is 14.1. The molecule has 0 aromatic heterocycles. The predicted molar refractivity (Wildman–Crippen MR) is 69.7 cm³/mol. The van der Waals surface area contributed by atoms with E-state index in [1.54, 1.807) is 12.1 Å². The van der Waals surface area contributed by atoms with E-state index in [4.69, 9.17) is 0 Å². The highest BCUT2D eigenvalue weighted by molar-refractivity contribution is 5.29. The molecule has 0 bridgehead atoms. The molecule has 1 fully saturated rings. The summed E-state index contributed by atoms with van der Waals surface area (Å²) in [6, 6.07) is 5.78. The fourth-order valence-corrected chi connectivity index (χ4v) is 2.52. The topological polar surface area (TPSA) is 12.0 Å². The summed E-state index contributed by atoms with van der Waals surface area (Å²) >= 11 is 0. The number of benzene rings is 1. The average Bonchev–Trinajstić information content (AvgIpc) is 3.09. The van der Waals surface area contributed by atoms with Gasteiger partial charge in [-0.05, 0) is 35.8 Å². The van der Waals surface area contributed by atoms with E-state index in [0.717, 1.165) is 12.6 Å². The number of alkyl halides is 3. The van der Waals surface area contributed by atoms with Gasteiger partial charge in [-0.1, -0.05) is 32.0 Å². The van der Waals surface area contributed by atoms with Crippen molar-refractivity contribution < 1.29 is 13.2 Å². The Hall–Kier alpha value is -1.03. The molecule has 106 valence electrons. The van der Waals surface area contributed by atoms with Crippen molar-refractivity contribution in [2.45, 2.75) is 39.4 Å². The van der Waals surface area contributed by atoms with Crippen molar-refractivity contribution in [3.05, 3.63) is 35.4 Å². The van der Waals surface area contributed by atoms with Gasteiger partial charge in [0.05, 0.1) is 5.56 Å². The summed E-state index contributed by atoms with van der Waals surface area (Å²) in [5.74, 6) is 0.581. The molecule has 1 N–H and O–H groups in total. The Kier molecular flexibility index (Phi) is 3.90. The lowest BCUT2D eigenvalue weighted by Crippen LogP contribution is -2.28. The van der Waals surface area contributed by atoms with Crippen molar-refractivity contribution in [1.29, 1.82) is 0 Å². The monoisotopic (exact) mass is 271 g/mol. The van der Waals surface area contributed by atoms with E-state index in [9.17, 15) is 13.2 Å². The maximum Gasteiger partial charge on any atom is 0.416 e. The second kappa shape index (κ2) is 5.16. The summed E-state index contributed by atoms with van der Waals surface area (Å²) < 4.78 is 38.5. The maximum absolute atomic E-state index is 12.8. The summed E-state index contributed by atoms with van der Waals surface area (Å²) in [5.41, 5.74) is 0.110. The molecule has 2 rings (SSSR count). The summed E-state index contributed by atoms with van der Waals surface area (Å²) in [7, 11) is 0. The Morgan fingerprint density at radius 1 is 1.21 bits per heavy atom. The largest absolute Gasteiger partial charge is 0.416 e. The molecule has 0 unspecified atom stereocenters. The maximum atomic E-state index is 12.8. The molecule has 1 nitrogen and oxygen atoms in total. The molecule has 4 heteroatoms. The average molecular weight is 271 g/mol. The molecule has 0 heterocycles. The van der Waals surface area contributed by atoms with Crippen molar-refractivity contribution in [3.63, 3.8) is 0 Å². The lowest BCUT2D eigenvalue weighted by Gasteiger charge is -2.21. The number of hydrogen-bond acceptors (Lipinski definition) is 1. The van der Waals surface area contributed by atoms with Gasteiger partial charge in [-0.2, -0.15) is 13.2 Å². The highest BCUT2D eigenvalue weighted by Gasteiger charge is 2.44. The summed E-state index contributed by atoms with van der Waals surface area (Å²) in [6.45, 7) is 5.44. The van der Waals surface area contributed by atoms with Gasteiger partial charge in [0.1, 0.15) is 0 Å². The molecule has 1 saturated carbocycles. The molecule has 0 spiro atoms. The minimum atomic E-state index is -4.27. The molecule has 0 atom stereocenters. The van der Waals surface area contributed by atoms with Crippen LogP contribution in [0.3, 0.4) is 0 Å². The Morgan fingerprint density at radius 3 is 2.37 bits per heavy atom. The molecule has 0 radical (unpaired) electrons. The van der Waals surface area contributed by atoms with Gasteiger partial charge in [-0.15, -0.1) is 0 Å². The molecule has 1 aromatic carbocycles. The molecule has 0 aliphatic heterocycles. The lowest BCUT2D eigenvalue weighted by atomic mass is 9.92. The Morgan fingerprint density at radius 2 is 1.84 bits per heavy atom. The van der Waals surface area contributed by atoms with Crippen LogP contribution in [0.4, 0.5) is 13.2 Å². The van der Waals surface area contributed by atoms with Gasteiger partial charge in [0.25, 0.3) is 0 Å². The van der Waals surface area contributed by atoms with Crippen LogP contribution in [0.25, 0.3) is 0 Å². The summed E-state index contributed by atoms with van der Waals surface area (Å²) in [6.07, 6.45) is -1.91. The second-order valence-electron chi connectivity index (χ2n) is 5.78. The molecule has 1 aromatic rings. The van der Waals surface area contributed by atoms with Crippen LogP contribution in [0.2, 0.25) is 0 Å². The van der Waals surface area contributed by atoms with Crippen molar-refractivity contribution in [2.24, 2.45) is 11.3 Å². The first-order valence-corrected chi connectivity index (χ1v) is 6.71. The quantitative estimate of drug-likeness (QED) is 0.845. The first-order valence-electron chi connectivity index (χ1n) is 6.71. The zero-order valence-electron chi connectivity index (χ0n) is 11.3. The van der Waals surface area contributed by atoms with Crippen LogP contribution in [0.15, 0.2) is 24.3 Å². The van der Waals surface area contributed by atoms with Crippen LogP contribution in [-0.2, 0) is 12.7 Å². The van der Waals surface area contributed by atoms with E-state index in [-0.39, 0.29) is 6.54 Å². The van der Waals surface area contributed by atoms with Gasteiger partial charge >= 0.3 is 6.18 Å². The van der Waals surface area contributed by atoms with Crippen LogP contribution in [0.5, 0.6) is 0 Å². The first kappa shape index (κ1) is 14.4. The first-order chi connectivity index (χ1) is 8.85. The normalized spacial score (nSPS) is 17.8. The molecular formula is C15H20F3N. The van der Waals surface area contributed by atoms with E-state index in [0.29, 0.717) is 16.9 Å². The van der Waals surface area contributed by atoms with E-state index >= 15 is 0 Å². The van der Waals surface area contributed by atoms with Crippen molar-refractivity contribution in [3.8, 4) is 0 Å². The summed E-state index contributed by atoms with van der Waals surface area (Å²) in [4.78, 5) is 0. The van der Waals surface area contributed by atoms with Gasteiger partial charge in [-0.25, -0.2) is 0 Å². The Balaban J connectivity index is 1.97. The van der Waals surface area contributed by atoms with Gasteiger partial charge < -0.3 is 5.32 Å². The minimum Gasteiger partial charge on any atom is -0.312 e. The molecule has 0 saturated heterocycles. The Labute approximate surface area is 112 Å². The fraction of sp³-hybridized carbons (Fsp3) is 0.600. The highest BCUT2D eigenvalue weighted by Crippen LogP contribution is 2.51. The van der Waals surface area contributed by atoms with Gasteiger partial charge in [0.15, 0.2) is 0 Å². The number of hydrogen-bond donors (Lipinski definition) is 1. The second-order valence-corrected chi connectivity index (χ2v) is 5.78. The van der Waals surface area contributed by atoms with Crippen molar-refractivity contribution >= 4 is 0 Å². The van der Waals surface area contributed by atoms with Gasteiger partial charge in [-0.3, -0.25) is 0 Å². The van der Waals surface area contributed by atoms with Gasteiger partial charge in [0, 0.05) is 13.1 Å². The third-order valence-corrected chi connectivity index (χ3v) is 4.23. The van der Waals surface area contributed by atoms with Crippen LogP contribution in [0.1, 0.15) is 37.8 Å². The minimum absolute atomic E-state index is 0.282. The summed E-state index contributed by atoms with van der Waals surface area (Å²) in [5, 5.41) is 3.20. The van der Waals surface area contributed by atoms with Crippen LogP contribution in [-0.4, -0.2) is 6.54 Å². The van der Waals surface area contributed by atoms with Crippen molar-refractivity contribution in [2.75, 3.05) is 6.54 Å². The van der Waals surface area contributed by atoms with Crippen LogP contribution >= 0.6 is 0 Å². The van der Waals surface area contributed by atoms with Crippen LogP contribution < -0.4 is 5.32 Å². The number of nitrogens with one attached hydrogen (secondary N) is 1. The third kappa shape index (κ3) is 3.30. The number of halogens is 3. The zero-order valence-corrected chi connectivity index (χ0v) is 11.3. The standard InChI is InChI=1S/C15H20F3N/c1-11(2)14(7-8-14)10-19-9-12-5-3-4-6-13(12)15(16,17)18/h3-6,11,19H,7-10H2,1-2H3. The third-order valence-electron chi connectivity index (χ3n) is 4.23. The molecule has 0 amide bonds. The predicted octanol–water partition coefficient (Wildman–Crippen LogP) is 4.23. The molecule has 19 heavy (non-hydrogen) atoms. The van der Waals surface area contributed by atoms with E-state index in [1.807, 2.05) is 0 Å². The van der Waals surface area contributed by atoms with Crippen LogP contribution in [0, 0.1) is 11.3 Å². The lowest BCUT2D eigenvalue weighted by molar-refractivity contribution is -0.138. The Bertz CT molecular complexity index is 433. The molecular weight excluding hydrogens is 251 g/mol. The smallest absolute Gasteiger partial charge is 0.312 e. The van der Waals surface area contributed by atoms with E-state index in [2.05, 4.69) is 19.2 Å². The highest BCUT2D eigenvalue weighted by atomic mass is 19.4. The van der Waals surface area contributed by atoms with E-state index < -0.39 is 11.7 Å². The van der Waals surface area contributed by atoms with E-state index in [1.165, 1.54) is 18.9 Å². The fourth-order valence-electron chi connectivity index (χ4n) is 2.52. The number of rotatable bonds is 5.